The van der Waals surface area contributed by atoms with Gasteiger partial charge in [0, 0.05) is 41.0 Å². The molecule has 0 spiro atoms. The first kappa shape index (κ1) is 31.1. The Balaban J connectivity index is 1.65. The molecule has 232 valence electrons. The molecule has 0 aromatic heterocycles. The number of Topliss-reactive ketones (excluding diaryl/α,β-unsaturated/α-hetero) is 1. The Morgan fingerprint density at radius 1 is 1.05 bits per heavy atom. The van der Waals surface area contributed by atoms with Crippen LogP contribution in [0.3, 0.4) is 0 Å². The largest absolute Gasteiger partial charge is 0.507 e. The van der Waals surface area contributed by atoms with Crippen molar-refractivity contribution in [2.24, 2.45) is 11.1 Å². The number of aliphatic hydroxyl groups is 2. The van der Waals surface area contributed by atoms with E-state index in [0.29, 0.717) is 0 Å². The molecule has 3 aliphatic rings. The molecule has 2 aromatic carbocycles. The third kappa shape index (κ3) is 4.24. The number of carbonyl (C=O) groups is 3. The highest BCUT2D eigenvalue weighted by Crippen LogP contribution is 2.53. The van der Waals surface area contributed by atoms with E-state index in [0.717, 1.165) is 0 Å². The van der Waals surface area contributed by atoms with Gasteiger partial charge in [0.05, 0.1) is 48.2 Å². The van der Waals surface area contributed by atoms with Gasteiger partial charge in [-0.2, -0.15) is 0 Å². The maximum absolute atomic E-state index is 13.8. The van der Waals surface area contributed by atoms with E-state index in [1.54, 1.807) is 20.8 Å². The van der Waals surface area contributed by atoms with E-state index < -0.39 is 86.9 Å². The number of rotatable bonds is 5. The zero-order valence-corrected chi connectivity index (χ0v) is 25.4. The molecule has 1 saturated heterocycles. The normalized spacial score (nSPS) is 32.9. The van der Waals surface area contributed by atoms with E-state index in [9.17, 15) is 34.8 Å². The van der Waals surface area contributed by atoms with Crippen LogP contribution in [0.25, 0.3) is 0 Å². The fourth-order valence-electron chi connectivity index (χ4n) is 6.78. The Hall–Kier alpha value is -3.35. The smallest absolute Gasteiger partial charge is 0.202 e. The van der Waals surface area contributed by atoms with Crippen LogP contribution in [0.15, 0.2) is 18.2 Å². The lowest BCUT2D eigenvalue weighted by Crippen LogP contribution is -2.73. The number of aromatic hydroxyl groups is 2. The molecule has 1 fully saturated rings. The third-order valence-corrected chi connectivity index (χ3v) is 10.3. The summed E-state index contributed by atoms with van der Waals surface area (Å²) in [5, 5.41) is 45.6. The zero-order chi connectivity index (χ0) is 32.0. The van der Waals surface area contributed by atoms with Crippen molar-refractivity contribution in [3.63, 3.8) is 0 Å². The Bertz CT molecular complexity index is 1560. The van der Waals surface area contributed by atoms with Crippen LogP contribution in [0.4, 0.5) is 0 Å². The summed E-state index contributed by atoms with van der Waals surface area (Å²) < 4.78 is 17.9. The Kier molecular flexibility index (Phi) is 7.11. The van der Waals surface area contributed by atoms with Crippen molar-refractivity contribution in [2.75, 3.05) is 13.7 Å². The third-order valence-electron chi connectivity index (χ3n) is 10.3. The van der Waals surface area contributed by atoms with E-state index in [-0.39, 0.29) is 41.0 Å². The molecule has 2 unspecified atom stereocenters. The second-order valence-corrected chi connectivity index (χ2v) is 13.1. The van der Waals surface area contributed by atoms with Gasteiger partial charge in [0.25, 0.3) is 0 Å². The van der Waals surface area contributed by atoms with E-state index in [1.165, 1.54) is 32.2 Å². The lowest BCUT2D eigenvalue weighted by molar-refractivity contribution is -0.281. The molecular formula is C32H39NO10. The second kappa shape index (κ2) is 9.83. The summed E-state index contributed by atoms with van der Waals surface area (Å²) in [7, 11) is 1.35. The average molecular weight is 598 g/mol. The van der Waals surface area contributed by atoms with E-state index in [2.05, 4.69) is 0 Å². The van der Waals surface area contributed by atoms with Gasteiger partial charge in [-0.25, -0.2) is 0 Å². The highest BCUT2D eigenvalue weighted by Gasteiger charge is 2.60. The van der Waals surface area contributed by atoms with Gasteiger partial charge in [-0.15, -0.1) is 0 Å². The van der Waals surface area contributed by atoms with Gasteiger partial charge in [0.1, 0.15) is 28.5 Å². The Morgan fingerprint density at radius 2 is 1.67 bits per heavy atom. The Morgan fingerprint density at radius 3 is 2.28 bits per heavy atom. The summed E-state index contributed by atoms with van der Waals surface area (Å²) in [4.78, 5) is 40.1. The van der Waals surface area contributed by atoms with Gasteiger partial charge in [0.2, 0.25) is 5.78 Å². The Labute approximate surface area is 249 Å². The minimum atomic E-state index is -2.00. The van der Waals surface area contributed by atoms with Crippen molar-refractivity contribution in [2.45, 2.75) is 89.4 Å². The predicted molar refractivity (Wildman–Crippen MR) is 154 cm³/mol. The molecular weight excluding hydrogens is 558 g/mol. The van der Waals surface area contributed by atoms with E-state index in [4.69, 9.17) is 19.9 Å². The first-order chi connectivity index (χ1) is 19.8. The van der Waals surface area contributed by atoms with Crippen molar-refractivity contribution in [3.05, 3.63) is 51.6 Å². The quantitative estimate of drug-likeness (QED) is 0.272. The number of methoxy groups -OCH3 is 1. The minimum absolute atomic E-state index is 0.0109. The monoisotopic (exact) mass is 597 g/mol. The molecule has 0 saturated carbocycles. The summed E-state index contributed by atoms with van der Waals surface area (Å²) in [5.74, 6) is -3.12. The van der Waals surface area contributed by atoms with Crippen LogP contribution >= 0.6 is 0 Å². The first-order valence-corrected chi connectivity index (χ1v) is 14.2. The first-order valence-electron chi connectivity index (χ1n) is 14.2. The van der Waals surface area contributed by atoms with Crippen LogP contribution < -0.4 is 10.5 Å². The number of hydrogen-bond donors (Lipinski definition) is 5. The predicted octanol–water partition coefficient (Wildman–Crippen LogP) is 2.49. The van der Waals surface area contributed by atoms with Crippen LogP contribution in [0, 0.1) is 5.41 Å². The number of ketones is 3. The summed E-state index contributed by atoms with van der Waals surface area (Å²) in [6, 6.07) is 3.74. The van der Waals surface area contributed by atoms with Crippen molar-refractivity contribution < 1.29 is 49.0 Å². The molecule has 1 heterocycles. The maximum atomic E-state index is 13.8. The number of ether oxygens (including phenoxy) is 3. The summed E-state index contributed by atoms with van der Waals surface area (Å²) in [5.41, 5.74) is 0.254. The van der Waals surface area contributed by atoms with Crippen LogP contribution in [-0.4, -0.2) is 80.4 Å². The fourth-order valence-corrected chi connectivity index (χ4v) is 6.78. The highest BCUT2D eigenvalue weighted by molar-refractivity contribution is 6.31. The number of benzene rings is 2. The summed E-state index contributed by atoms with van der Waals surface area (Å²) in [6.45, 7) is 9.77. The van der Waals surface area contributed by atoms with Crippen LogP contribution in [-0.2, 0) is 20.7 Å². The summed E-state index contributed by atoms with van der Waals surface area (Å²) >= 11 is 0. The van der Waals surface area contributed by atoms with Crippen LogP contribution in [0.5, 0.6) is 17.2 Å². The number of hydrogen-bond acceptors (Lipinski definition) is 11. The van der Waals surface area contributed by atoms with Gasteiger partial charge in [-0.05, 0) is 33.8 Å². The molecule has 1 aliphatic heterocycles. The van der Waals surface area contributed by atoms with Crippen molar-refractivity contribution >= 4 is 17.3 Å². The van der Waals surface area contributed by atoms with E-state index >= 15 is 0 Å². The standard InChI is InChI=1S/C32H39NO10/c1-14(34)32(40)11-17-21(19(12-32)42-13-30(5)29(3,4)28(33)31(6,39)15(2)43-30)27(38)23-22(25(17)36)24(35)16-9-8-10-18(41-7)20(16)26(23)37/h8-10,15,19,28,36,38-40H,11-13,33H2,1-7H3/t15?,19-,28?,30-,31+,32-/m0/s1. The molecule has 0 amide bonds. The molecule has 6 atom stereocenters. The molecule has 2 aliphatic carbocycles. The zero-order valence-electron chi connectivity index (χ0n) is 25.4. The van der Waals surface area contributed by atoms with Gasteiger partial charge >= 0.3 is 0 Å². The lowest BCUT2D eigenvalue weighted by atomic mass is 9.62. The van der Waals surface area contributed by atoms with Crippen molar-refractivity contribution in [1.82, 2.24) is 0 Å². The molecule has 11 heteroatoms. The second-order valence-electron chi connectivity index (χ2n) is 13.1. The average Bonchev–Trinajstić information content (AvgIpc) is 2.94. The fraction of sp³-hybridized carbons (Fsp3) is 0.531. The number of phenols is 2. The van der Waals surface area contributed by atoms with Gasteiger partial charge < -0.3 is 40.4 Å². The highest BCUT2D eigenvalue weighted by atomic mass is 16.6. The molecule has 43 heavy (non-hydrogen) atoms. The molecule has 2 aromatic rings. The maximum Gasteiger partial charge on any atom is 0.202 e. The van der Waals surface area contributed by atoms with Crippen molar-refractivity contribution in [3.8, 4) is 17.2 Å². The molecule has 6 N–H and O–H groups in total. The van der Waals surface area contributed by atoms with E-state index in [1.807, 2.05) is 13.8 Å². The number of carbonyl (C=O) groups excluding carboxylic acids is 3. The SMILES string of the molecule is COc1cccc2c1C(=O)c1c(O)c3c(c(O)c1C2=O)C[C@@](O)(C(C)=O)C[C@@H]3OC[C@]1(C)OC(C)[C@@](C)(O)C(N)C1(C)C. The van der Waals surface area contributed by atoms with Crippen LogP contribution in [0.2, 0.25) is 0 Å². The van der Waals surface area contributed by atoms with Gasteiger partial charge in [-0.3, -0.25) is 14.4 Å². The minimum Gasteiger partial charge on any atom is -0.507 e. The van der Waals surface area contributed by atoms with Gasteiger partial charge in [0.15, 0.2) is 11.6 Å². The number of fused-ring (bicyclic) bond motifs is 3. The van der Waals surface area contributed by atoms with Gasteiger partial charge in [-0.1, -0.05) is 26.0 Å². The number of phenolic OH excluding ortho intramolecular Hbond substituents is 2. The number of nitrogens with two attached hydrogens (primary N) is 1. The van der Waals surface area contributed by atoms with Crippen LogP contribution in [0.1, 0.15) is 97.0 Å². The van der Waals surface area contributed by atoms with Crippen molar-refractivity contribution in [1.29, 1.82) is 0 Å². The molecule has 0 radical (unpaired) electrons. The lowest BCUT2D eigenvalue weighted by Gasteiger charge is -2.59. The molecule has 0 bridgehead atoms. The molecule has 11 nitrogen and oxygen atoms in total. The topological polar surface area (TPSA) is 186 Å². The molecule has 5 rings (SSSR count). The summed E-state index contributed by atoms with van der Waals surface area (Å²) in [6.07, 6.45) is -2.61.